The summed E-state index contributed by atoms with van der Waals surface area (Å²) >= 11 is 1.23. The van der Waals surface area contributed by atoms with Gasteiger partial charge in [-0.25, -0.2) is 4.68 Å². The summed E-state index contributed by atoms with van der Waals surface area (Å²) in [5.74, 6) is -0.601. The van der Waals surface area contributed by atoms with Gasteiger partial charge < -0.3 is 0 Å². The van der Waals surface area contributed by atoms with Crippen molar-refractivity contribution in [2.75, 3.05) is 5.32 Å². The van der Waals surface area contributed by atoms with Crippen molar-refractivity contribution in [1.82, 2.24) is 20.0 Å². The van der Waals surface area contributed by atoms with Gasteiger partial charge in [-0.2, -0.15) is 5.10 Å². The normalized spacial score (nSPS) is 10.6. The van der Waals surface area contributed by atoms with Crippen LogP contribution in [0.3, 0.4) is 0 Å². The summed E-state index contributed by atoms with van der Waals surface area (Å²) in [5.41, 5.74) is 1.33. The highest BCUT2D eigenvalue weighted by atomic mass is 32.1. The number of aryl methyl sites for hydroxylation is 2. The monoisotopic (exact) mass is 341 g/mol. The van der Waals surface area contributed by atoms with Crippen LogP contribution in [0.5, 0.6) is 0 Å². The van der Waals surface area contributed by atoms with Crippen LogP contribution in [0.4, 0.5) is 5.13 Å². The first-order valence-corrected chi connectivity index (χ1v) is 8.19. The largest absolute Gasteiger partial charge is 0.295 e. The Bertz CT molecular complexity index is 930. The van der Waals surface area contributed by atoms with Crippen molar-refractivity contribution in [2.24, 2.45) is 0 Å². The van der Waals surface area contributed by atoms with Crippen molar-refractivity contribution in [3.05, 3.63) is 63.0 Å². The summed E-state index contributed by atoms with van der Waals surface area (Å²) in [5, 5.41) is 15.4. The minimum atomic E-state index is -0.601. The molecule has 0 aliphatic heterocycles. The molecule has 0 saturated carbocycles. The number of nitrogens with zero attached hydrogens (tertiary/aromatic N) is 4. The first-order chi connectivity index (χ1) is 11.6. The van der Waals surface area contributed by atoms with Gasteiger partial charge in [-0.3, -0.25) is 14.9 Å². The lowest BCUT2D eigenvalue weighted by Crippen LogP contribution is -2.25. The SMILES string of the molecule is CCc1ccc(-n2ccc(=O)c(C(=O)Nc3nnc(C)s3)n2)cc1. The molecule has 2 heterocycles. The third-order valence-electron chi connectivity index (χ3n) is 3.38. The number of carbonyl (C=O) groups excluding carboxylic acids is 1. The van der Waals surface area contributed by atoms with E-state index >= 15 is 0 Å². The van der Waals surface area contributed by atoms with Crippen LogP contribution in [0.15, 0.2) is 41.3 Å². The summed E-state index contributed by atoms with van der Waals surface area (Å²) < 4.78 is 1.50. The van der Waals surface area contributed by atoms with Crippen molar-refractivity contribution >= 4 is 22.4 Å². The number of benzene rings is 1. The minimum absolute atomic E-state index is 0.190. The first kappa shape index (κ1) is 16.0. The van der Waals surface area contributed by atoms with E-state index in [0.29, 0.717) is 5.13 Å². The molecule has 0 bridgehead atoms. The quantitative estimate of drug-likeness (QED) is 0.786. The summed E-state index contributed by atoms with van der Waals surface area (Å²) in [6.07, 6.45) is 2.47. The Labute approximate surface area is 142 Å². The van der Waals surface area contributed by atoms with Gasteiger partial charge in [0.2, 0.25) is 10.6 Å². The summed E-state index contributed by atoms with van der Waals surface area (Å²) in [4.78, 5) is 24.3. The molecule has 0 fully saturated rings. The molecular formula is C16H15N5O2S. The molecule has 24 heavy (non-hydrogen) atoms. The highest BCUT2D eigenvalue weighted by Gasteiger charge is 2.15. The van der Waals surface area contributed by atoms with Crippen molar-refractivity contribution in [2.45, 2.75) is 20.3 Å². The smallest absolute Gasteiger partial charge is 0.282 e. The van der Waals surface area contributed by atoms with Gasteiger partial charge in [0.1, 0.15) is 5.01 Å². The number of nitrogens with one attached hydrogen (secondary N) is 1. The number of amides is 1. The van der Waals surface area contributed by atoms with Gasteiger partial charge in [-0.05, 0) is 31.0 Å². The number of hydrogen-bond donors (Lipinski definition) is 1. The Morgan fingerprint density at radius 1 is 1.21 bits per heavy atom. The molecule has 0 saturated heterocycles. The molecular weight excluding hydrogens is 326 g/mol. The van der Waals surface area contributed by atoms with Gasteiger partial charge in [0.05, 0.1) is 5.69 Å². The Morgan fingerprint density at radius 3 is 2.58 bits per heavy atom. The molecule has 0 unspecified atom stereocenters. The molecule has 1 aromatic carbocycles. The van der Waals surface area contributed by atoms with Gasteiger partial charge in [-0.15, -0.1) is 10.2 Å². The summed E-state index contributed by atoms with van der Waals surface area (Å²) in [6.45, 7) is 3.85. The van der Waals surface area contributed by atoms with E-state index in [-0.39, 0.29) is 5.69 Å². The van der Waals surface area contributed by atoms with Crippen molar-refractivity contribution in [1.29, 1.82) is 0 Å². The predicted molar refractivity (Wildman–Crippen MR) is 91.8 cm³/mol. The standard InChI is InChI=1S/C16H15N5O2S/c1-3-11-4-6-12(7-5-11)21-9-8-13(22)14(20-21)15(23)17-16-19-18-10(2)24-16/h4-9H,3H2,1-2H3,(H,17,19,23). The fourth-order valence-electron chi connectivity index (χ4n) is 2.10. The molecule has 0 spiro atoms. The Hall–Kier alpha value is -2.87. The summed E-state index contributed by atoms with van der Waals surface area (Å²) in [7, 11) is 0. The van der Waals surface area contributed by atoms with Gasteiger partial charge in [0, 0.05) is 12.3 Å². The second-order valence-corrected chi connectivity index (χ2v) is 6.26. The van der Waals surface area contributed by atoms with Crippen molar-refractivity contribution in [3.63, 3.8) is 0 Å². The van der Waals surface area contributed by atoms with Crippen LogP contribution in [0.2, 0.25) is 0 Å². The van der Waals surface area contributed by atoms with Crippen molar-refractivity contribution in [3.8, 4) is 5.69 Å². The number of aromatic nitrogens is 4. The van der Waals surface area contributed by atoms with Gasteiger partial charge in [0.15, 0.2) is 5.69 Å². The van der Waals surface area contributed by atoms with E-state index in [1.807, 2.05) is 24.3 Å². The lowest BCUT2D eigenvalue weighted by atomic mass is 10.1. The van der Waals surface area contributed by atoms with Crippen LogP contribution in [0.1, 0.15) is 28.0 Å². The fraction of sp³-hybridized carbons (Fsp3) is 0.188. The van der Waals surface area contributed by atoms with Crippen molar-refractivity contribution < 1.29 is 4.79 Å². The molecule has 1 N–H and O–H groups in total. The molecule has 0 aliphatic carbocycles. The molecule has 3 aromatic rings. The van der Waals surface area contributed by atoms with Crippen LogP contribution < -0.4 is 10.7 Å². The van der Waals surface area contributed by atoms with E-state index < -0.39 is 11.3 Å². The maximum Gasteiger partial charge on any atom is 0.282 e. The maximum atomic E-state index is 12.3. The second kappa shape index (κ2) is 6.71. The topological polar surface area (TPSA) is 89.8 Å². The van der Waals surface area contributed by atoms with E-state index in [0.717, 1.165) is 17.1 Å². The molecule has 2 aromatic heterocycles. The molecule has 1 amide bonds. The Balaban J connectivity index is 1.90. The third-order valence-corrected chi connectivity index (χ3v) is 4.13. The van der Waals surface area contributed by atoms with E-state index in [1.54, 1.807) is 6.92 Å². The molecule has 7 nitrogen and oxygen atoms in total. The van der Waals surface area contributed by atoms with E-state index in [4.69, 9.17) is 0 Å². The minimum Gasteiger partial charge on any atom is -0.295 e. The molecule has 3 rings (SSSR count). The zero-order valence-electron chi connectivity index (χ0n) is 13.2. The number of anilines is 1. The van der Waals surface area contributed by atoms with E-state index in [9.17, 15) is 9.59 Å². The molecule has 0 atom stereocenters. The lowest BCUT2D eigenvalue weighted by molar-refractivity contribution is 0.101. The average Bonchev–Trinajstić information content (AvgIpc) is 3.00. The zero-order valence-corrected chi connectivity index (χ0v) is 14.0. The van der Waals surface area contributed by atoms with E-state index in [1.165, 1.54) is 33.8 Å². The van der Waals surface area contributed by atoms with Gasteiger partial charge in [-0.1, -0.05) is 30.4 Å². The van der Waals surface area contributed by atoms with Crippen LogP contribution in [-0.2, 0) is 6.42 Å². The van der Waals surface area contributed by atoms with Crippen LogP contribution in [0, 0.1) is 6.92 Å². The van der Waals surface area contributed by atoms with Crippen LogP contribution in [0.25, 0.3) is 5.69 Å². The second-order valence-electron chi connectivity index (χ2n) is 5.07. The zero-order chi connectivity index (χ0) is 17.1. The molecule has 8 heteroatoms. The maximum absolute atomic E-state index is 12.3. The predicted octanol–water partition coefficient (Wildman–Crippen LogP) is 2.21. The number of rotatable bonds is 4. The van der Waals surface area contributed by atoms with Gasteiger partial charge in [0.25, 0.3) is 5.91 Å². The van der Waals surface area contributed by atoms with Crippen LogP contribution >= 0.6 is 11.3 Å². The fourth-order valence-corrected chi connectivity index (χ4v) is 2.68. The first-order valence-electron chi connectivity index (χ1n) is 7.37. The molecule has 0 radical (unpaired) electrons. The number of carbonyl (C=O) groups is 1. The van der Waals surface area contributed by atoms with E-state index in [2.05, 4.69) is 27.5 Å². The average molecular weight is 341 g/mol. The molecule has 0 aliphatic rings. The highest BCUT2D eigenvalue weighted by molar-refractivity contribution is 7.15. The highest BCUT2D eigenvalue weighted by Crippen LogP contribution is 2.14. The lowest BCUT2D eigenvalue weighted by Gasteiger charge is -2.07. The van der Waals surface area contributed by atoms with Gasteiger partial charge >= 0.3 is 0 Å². The number of hydrogen-bond acceptors (Lipinski definition) is 6. The molecule has 122 valence electrons. The third kappa shape index (κ3) is 3.38. The van der Waals surface area contributed by atoms with Crippen LogP contribution in [-0.4, -0.2) is 25.9 Å². The Kier molecular flexibility index (Phi) is 4.48. The Morgan fingerprint density at radius 2 is 1.96 bits per heavy atom. The summed E-state index contributed by atoms with van der Waals surface area (Å²) in [6, 6.07) is 9.08.